The van der Waals surface area contributed by atoms with Gasteiger partial charge in [-0.25, -0.2) is 0 Å². The van der Waals surface area contributed by atoms with Gasteiger partial charge in [-0.2, -0.15) is 0 Å². The number of hydrogen-bond acceptors (Lipinski definition) is 12. The lowest BCUT2D eigenvalue weighted by atomic mass is 9.96. The Labute approximate surface area is 320 Å². The molecule has 1 fully saturated rings. The summed E-state index contributed by atoms with van der Waals surface area (Å²) in [5.41, 5.74) is 4.58. The predicted octanol–water partition coefficient (Wildman–Crippen LogP) is -3.37. The molecule has 2 aromatic rings. The molecule has 20 heteroatoms. The summed E-state index contributed by atoms with van der Waals surface area (Å²) >= 11 is 1.11. The van der Waals surface area contributed by atoms with Crippen molar-refractivity contribution in [1.82, 2.24) is 36.5 Å². The Bertz CT molecular complexity index is 1790. The molecule has 0 bridgehead atoms. The first kappa shape index (κ1) is 43.0. The van der Waals surface area contributed by atoms with Crippen LogP contribution in [0.4, 0.5) is 0 Å². The number of aromatic nitrogens is 1. The molecule has 0 saturated carbocycles. The molecule has 0 radical (unpaired) electrons. The maximum Gasteiger partial charge on any atom is 0.246 e. The van der Waals surface area contributed by atoms with Crippen LogP contribution in [0.15, 0.2) is 29.3 Å². The Morgan fingerprint density at radius 1 is 1.09 bits per heavy atom. The van der Waals surface area contributed by atoms with Crippen LogP contribution in [0.2, 0.25) is 0 Å². The van der Waals surface area contributed by atoms with Crippen LogP contribution in [-0.4, -0.2) is 145 Å². The molecule has 0 unspecified atom stereocenters. The second-order valence-corrected chi connectivity index (χ2v) is 15.4. The molecule has 3 heterocycles. The molecule has 4 rings (SSSR count). The zero-order valence-corrected chi connectivity index (χ0v) is 31.8. The van der Waals surface area contributed by atoms with Gasteiger partial charge in [-0.15, -0.1) is 11.8 Å². The summed E-state index contributed by atoms with van der Waals surface area (Å²) in [6, 6.07) is -0.815. The number of aliphatic hydroxyl groups excluding tert-OH is 3. The van der Waals surface area contributed by atoms with E-state index >= 15 is 0 Å². The predicted molar refractivity (Wildman–Crippen MR) is 198 cm³/mol. The van der Waals surface area contributed by atoms with Gasteiger partial charge in [0.1, 0.15) is 36.3 Å². The van der Waals surface area contributed by atoms with E-state index in [1.807, 2.05) is 0 Å². The molecule has 7 amide bonds. The lowest BCUT2D eigenvalue weighted by molar-refractivity contribution is -0.142. The van der Waals surface area contributed by atoms with E-state index in [0.29, 0.717) is 21.5 Å². The molecule has 1 saturated heterocycles. The minimum absolute atomic E-state index is 0.0959. The number of carbonyl (C=O) groups excluding carboxylic acids is 7. The quantitative estimate of drug-likeness (QED) is 0.106. The van der Waals surface area contributed by atoms with Crippen LogP contribution >= 0.6 is 11.8 Å². The van der Waals surface area contributed by atoms with E-state index < -0.39 is 108 Å². The zero-order chi connectivity index (χ0) is 40.8. The topological polar surface area (TPSA) is 306 Å². The van der Waals surface area contributed by atoms with Gasteiger partial charge in [0.05, 0.1) is 35.9 Å². The number of thioether (sulfide) groups is 1. The van der Waals surface area contributed by atoms with E-state index in [2.05, 4.69) is 31.6 Å². The number of nitrogens with one attached hydrogen (secondary N) is 6. The average Bonchev–Trinajstić information content (AvgIpc) is 3.67. The Balaban J connectivity index is 1.78. The number of carbonyl (C=O) groups is 7. The van der Waals surface area contributed by atoms with Gasteiger partial charge in [-0.1, -0.05) is 18.2 Å². The molecule has 1 aromatic carbocycles. The van der Waals surface area contributed by atoms with Crippen molar-refractivity contribution in [2.75, 3.05) is 18.9 Å². The maximum atomic E-state index is 14.2. The molecule has 2 aliphatic heterocycles. The zero-order valence-electron chi connectivity index (χ0n) is 31.0. The molecular weight excluding hydrogens is 740 g/mol. The van der Waals surface area contributed by atoms with E-state index in [0.717, 1.165) is 16.7 Å². The third-order valence-electron chi connectivity index (χ3n) is 9.34. The van der Waals surface area contributed by atoms with Crippen molar-refractivity contribution in [3.63, 3.8) is 0 Å². The fraction of sp³-hybridized carbons (Fsp3) is 0.571. The van der Waals surface area contributed by atoms with Gasteiger partial charge in [0.25, 0.3) is 0 Å². The van der Waals surface area contributed by atoms with Gasteiger partial charge >= 0.3 is 0 Å². The van der Waals surface area contributed by atoms with E-state index in [4.69, 9.17) is 5.73 Å². The third kappa shape index (κ3) is 11.2. The highest BCUT2D eigenvalue weighted by Gasteiger charge is 2.43. The van der Waals surface area contributed by atoms with E-state index in [1.165, 1.54) is 27.7 Å². The summed E-state index contributed by atoms with van der Waals surface area (Å²) in [6.07, 6.45) is -3.27. The lowest BCUT2D eigenvalue weighted by Crippen LogP contribution is -2.60. The fourth-order valence-corrected chi connectivity index (χ4v) is 7.44. The first-order chi connectivity index (χ1) is 25.8. The SMILES string of the molecule is C[C@H](O)CC(=O)N[C@@H]1CSc2[nH]c3ccccc3c2C[C@@H](C(=O)N[C@@H](C[C@@](C)(O)CO)C(=O)N[C@H](C)C(N)=O)NC(=O)[C@H](C)NC(=O)[C@@H]2C[C@@H](O)CN2C1=O. The minimum Gasteiger partial charge on any atom is -0.393 e. The van der Waals surface area contributed by atoms with Crippen LogP contribution in [-0.2, 0) is 40.0 Å². The molecule has 12 N–H and O–H groups in total. The van der Waals surface area contributed by atoms with Gasteiger partial charge in [0, 0.05) is 42.5 Å². The van der Waals surface area contributed by atoms with Crippen LogP contribution < -0.4 is 32.3 Å². The van der Waals surface area contributed by atoms with Crippen LogP contribution in [0, 0.1) is 0 Å². The van der Waals surface area contributed by atoms with Crippen molar-refractivity contribution in [1.29, 1.82) is 0 Å². The normalized spacial score (nSPS) is 25.1. The van der Waals surface area contributed by atoms with Gasteiger partial charge in [-0.3, -0.25) is 33.6 Å². The molecule has 0 spiro atoms. The van der Waals surface area contributed by atoms with Gasteiger partial charge in [0.15, 0.2) is 0 Å². The number of benzene rings is 1. The molecule has 0 aliphatic carbocycles. The van der Waals surface area contributed by atoms with Crippen molar-refractivity contribution in [3.05, 3.63) is 29.8 Å². The third-order valence-corrected chi connectivity index (χ3v) is 10.5. The molecule has 19 nitrogen and oxygen atoms in total. The Morgan fingerprint density at radius 3 is 2.44 bits per heavy atom. The lowest BCUT2D eigenvalue weighted by Gasteiger charge is -2.30. The highest BCUT2D eigenvalue weighted by atomic mass is 32.2. The maximum absolute atomic E-state index is 14.2. The molecule has 2 aliphatic rings. The highest BCUT2D eigenvalue weighted by molar-refractivity contribution is 7.99. The molecule has 1 aromatic heterocycles. The summed E-state index contributed by atoms with van der Waals surface area (Å²) in [6.45, 7) is 4.30. The van der Waals surface area contributed by atoms with Crippen LogP contribution in [0.1, 0.15) is 52.5 Å². The van der Waals surface area contributed by atoms with E-state index in [1.54, 1.807) is 24.3 Å². The van der Waals surface area contributed by atoms with Crippen LogP contribution in [0.5, 0.6) is 0 Å². The smallest absolute Gasteiger partial charge is 0.246 e. The first-order valence-corrected chi connectivity index (χ1v) is 18.8. The Morgan fingerprint density at radius 2 is 1.78 bits per heavy atom. The molecular formula is C35H50N8O11S. The Kier molecular flexibility index (Phi) is 14.3. The molecule has 55 heavy (non-hydrogen) atoms. The summed E-state index contributed by atoms with van der Waals surface area (Å²) in [5.74, 6) is -5.66. The van der Waals surface area contributed by atoms with Gasteiger partial charge in [0.2, 0.25) is 41.4 Å². The standard InChI is InChI=1S/C35H50N8O11S/c1-16(45)9-27(47)39-25-14-55-33-21(20-7-5-6-8-22(20)42-33)11-23(30(50)41-24(12-35(4,54)15-44)31(51)37-17(2)28(36)48)40-29(49)18(3)38-32(52)26-10-19(46)13-43(26)34(25)53/h5-8,16-19,23-26,42,44-46,54H,9-15H2,1-4H3,(H2,36,48)(H,37,51)(H,38,52)(H,39,47)(H,40,49)(H,41,50)/t16-,17+,18-,19+,23-,24-,25+,26-,35+/m0/s1. The summed E-state index contributed by atoms with van der Waals surface area (Å²) < 4.78 is 0. The molecule has 9 atom stereocenters. The van der Waals surface area contributed by atoms with Crippen LogP contribution in [0.3, 0.4) is 0 Å². The van der Waals surface area contributed by atoms with Crippen molar-refractivity contribution in [3.8, 4) is 0 Å². The number of rotatable bonds is 11. The van der Waals surface area contributed by atoms with Crippen molar-refractivity contribution >= 4 is 64.0 Å². The summed E-state index contributed by atoms with van der Waals surface area (Å²) in [4.78, 5) is 97.8. The minimum atomic E-state index is -1.87. The Hall–Kier alpha value is -4.76. The first-order valence-electron chi connectivity index (χ1n) is 17.8. The number of aromatic amines is 1. The van der Waals surface area contributed by atoms with Crippen molar-refractivity contribution < 1.29 is 54.0 Å². The number of aliphatic hydroxyl groups is 4. The fourth-order valence-electron chi connectivity index (χ4n) is 6.33. The number of para-hydroxylation sites is 1. The van der Waals surface area contributed by atoms with Gasteiger partial charge in [-0.05, 0) is 39.3 Å². The number of amides is 7. The highest BCUT2D eigenvalue weighted by Crippen LogP contribution is 2.32. The average molecular weight is 791 g/mol. The van der Waals surface area contributed by atoms with Crippen molar-refractivity contribution in [2.45, 2.75) is 112 Å². The number of nitrogens with zero attached hydrogens (tertiary/aromatic N) is 1. The monoisotopic (exact) mass is 790 g/mol. The summed E-state index contributed by atoms with van der Waals surface area (Å²) in [5, 5.41) is 54.6. The molecule has 302 valence electrons. The number of H-pyrrole nitrogens is 1. The number of primary amides is 1. The van der Waals surface area contributed by atoms with E-state index in [-0.39, 0.29) is 31.6 Å². The largest absolute Gasteiger partial charge is 0.393 e. The summed E-state index contributed by atoms with van der Waals surface area (Å²) in [7, 11) is 0. The van der Waals surface area contributed by atoms with Crippen LogP contribution in [0.25, 0.3) is 10.9 Å². The second-order valence-electron chi connectivity index (χ2n) is 14.4. The number of fused-ring (bicyclic) bond motifs is 4. The number of hydrogen-bond donors (Lipinski definition) is 11. The van der Waals surface area contributed by atoms with Gasteiger partial charge < -0.3 is 62.6 Å². The number of nitrogens with two attached hydrogens (primary N) is 1. The van der Waals surface area contributed by atoms with Crippen molar-refractivity contribution in [2.24, 2.45) is 5.73 Å². The van der Waals surface area contributed by atoms with E-state index in [9.17, 15) is 54.0 Å². The second kappa shape index (κ2) is 18.2.